The highest BCUT2D eigenvalue weighted by atomic mass is 16.4. The Labute approximate surface area is 126 Å². The molecule has 3 rings (SSSR count). The summed E-state index contributed by atoms with van der Waals surface area (Å²) >= 11 is 0. The van der Waals surface area contributed by atoms with Gasteiger partial charge in [-0.25, -0.2) is 0 Å². The van der Waals surface area contributed by atoms with Crippen molar-refractivity contribution in [3.63, 3.8) is 0 Å². The summed E-state index contributed by atoms with van der Waals surface area (Å²) in [7, 11) is 0. The van der Waals surface area contributed by atoms with Gasteiger partial charge in [0, 0.05) is 0 Å². The first-order chi connectivity index (χ1) is 10.5. The molecule has 0 fully saturated rings. The van der Waals surface area contributed by atoms with E-state index in [0.717, 1.165) is 10.8 Å². The van der Waals surface area contributed by atoms with Crippen LogP contribution in [0.1, 0.15) is 12.5 Å². The molecule has 3 aromatic rings. The zero-order chi connectivity index (χ0) is 15.9. The smallest absolute Gasteiger partial charge is 0.325 e. The van der Waals surface area contributed by atoms with E-state index < -0.39 is 17.4 Å². The first-order valence-corrected chi connectivity index (χ1v) is 6.84. The van der Waals surface area contributed by atoms with E-state index in [1.54, 1.807) is 24.3 Å². The molecule has 0 saturated heterocycles. The molecule has 4 nitrogen and oxygen atoms in total. The van der Waals surface area contributed by atoms with E-state index in [9.17, 15) is 19.8 Å². The molecule has 4 heteroatoms. The van der Waals surface area contributed by atoms with Crippen LogP contribution >= 0.6 is 0 Å². The predicted octanol–water partition coefficient (Wildman–Crippen LogP) is 3.42. The summed E-state index contributed by atoms with van der Waals surface area (Å²) in [5, 5.41) is 22.1. The molecule has 0 atom stereocenters. The van der Waals surface area contributed by atoms with E-state index in [-0.39, 0.29) is 0 Å². The highest BCUT2D eigenvalue weighted by Gasteiger charge is 2.45. The summed E-state index contributed by atoms with van der Waals surface area (Å²) in [4.78, 5) is 23.5. The minimum absolute atomic E-state index is 0.321. The van der Waals surface area contributed by atoms with E-state index in [1.807, 2.05) is 30.3 Å². The Hall–Kier alpha value is -2.88. The van der Waals surface area contributed by atoms with Crippen LogP contribution in [0.15, 0.2) is 54.6 Å². The quantitative estimate of drug-likeness (QED) is 0.573. The summed E-state index contributed by atoms with van der Waals surface area (Å²) in [6.45, 7) is 1.24. The maximum atomic E-state index is 11.8. The molecule has 0 aliphatic carbocycles. The third-order valence-electron chi connectivity index (χ3n) is 4.13. The maximum Gasteiger partial charge on any atom is 0.325 e. The number of fused-ring (bicyclic) bond motifs is 2. The molecule has 0 heterocycles. The first kappa shape index (κ1) is 14.1. The molecule has 0 spiro atoms. The number of benzene rings is 3. The Bertz CT molecular complexity index is 843. The van der Waals surface area contributed by atoms with Gasteiger partial charge in [0.2, 0.25) is 0 Å². The van der Waals surface area contributed by atoms with Crippen LogP contribution in [0.2, 0.25) is 0 Å². The van der Waals surface area contributed by atoms with Crippen LogP contribution in [0.4, 0.5) is 0 Å². The van der Waals surface area contributed by atoms with E-state index in [2.05, 4.69) is 0 Å². The lowest BCUT2D eigenvalue weighted by molar-refractivity contribution is -0.156. The normalized spacial score (nSPS) is 11.7. The van der Waals surface area contributed by atoms with Crippen LogP contribution in [0.3, 0.4) is 0 Å². The molecule has 22 heavy (non-hydrogen) atoms. The van der Waals surface area contributed by atoms with Gasteiger partial charge in [-0.3, -0.25) is 9.59 Å². The van der Waals surface area contributed by atoms with Crippen molar-refractivity contribution in [1.29, 1.82) is 0 Å². The molecule has 0 bridgehead atoms. The van der Waals surface area contributed by atoms with E-state index in [1.165, 1.54) is 6.92 Å². The lowest BCUT2D eigenvalue weighted by Crippen LogP contribution is -2.41. The van der Waals surface area contributed by atoms with Gasteiger partial charge in [-0.05, 0) is 40.1 Å². The number of rotatable bonds is 3. The summed E-state index contributed by atoms with van der Waals surface area (Å²) in [6.07, 6.45) is 0. The number of carboxylic acid groups (broad SMARTS) is 2. The minimum Gasteiger partial charge on any atom is -0.480 e. The zero-order valence-corrected chi connectivity index (χ0v) is 11.9. The molecular weight excluding hydrogens is 280 g/mol. The van der Waals surface area contributed by atoms with Gasteiger partial charge in [0.05, 0.1) is 0 Å². The largest absolute Gasteiger partial charge is 0.480 e. The molecule has 2 N–H and O–H groups in total. The Morgan fingerprint density at radius 1 is 0.818 bits per heavy atom. The van der Waals surface area contributed by atoms with Crippen molar-refractivity contribution in [2.75, 3.05) is 0 Å². The molecule has 110 valence electrons. The van der Waals surface area contributed by atoms with Gasteiger partial charge in [0.1, 0.15) is 0 Å². The Morgan fingerprint density at radius 3 is 1.64 bits per heavy atom. The van der Waals surface area contributed by atoms with Crippen LogP contribution in [0.5, 0.6) is 0 Å². The van der Waals surface area contributed by atoms with E-state index in [0.29, 0.717) is 16.3 Å². The molecule has 0 aliphatic rings. The highest BCUT2D eigenvalue weighted by Crippen LogP contribution is 2.37. The molecule has 0 aromatic heterocycles. The van der Waals surface area contributed by atoms with Crippen LogP contribution in [-0.4, -0.2) is 22.2 Å². The fourth-order valence-corrected chi connectivity index (χ4v) is 2.86. The van der Waals surface area contributed by atoms with E-state index in [4.69, 9.17) is 0 Å². The van der Waals surface area contributed by atoms with Gasteiger partial charge in [0.25, 0.3) is 0 Å². The second-order valence-electron chi connectivity index (χ2n) is 5.43. The van der Waals surface area contributed by atoms with Crippen LogP contribution in [-0.2, 0) is 15.0 Å². The molecule has 0 radical (unpaired) electrons. The SMILES string of the molecule is CC(C(=O)O)(C(=O)O)c1c2ccccc2cc2ccccc12. The van der Waals surface area contributed by atoms with E-state index >= 15 is 0 Å². The third kappa shape index (κ3) is 1.84. The molecule has 0 amide bonds. The van der Waals surface area contributed by atoms with Crippen molar-refractivity contribution < 1.29 is 19.8 Å². The van der Waals surface area contributed by atoms with Crippen molar-refractivity contribution in [3.8, 4) is 0 Å². The van der Waals surface area contributed by atoms with Gasteiger partial charge < -0.3 is 10.2 Å². The van der Waals surface area contributed by atoms with Crippen LogP contribution < -0.4 is 0 Å². The Balaban J connectivity index is 2.58. The standard InChI is InChI=1S/C18H14O4/c1-18(16(19)20,17(21)22)15-13-8-4-2-6-11(13)10-12-7-3-5-9-14(12)15/h2-10H,1H3,(H,19,20)(H,21,22). The molecule has 0 aliphatic heterocycles. The Morgan fingerprint density at radius 2 is 1.23 bits per heavy atom. The van der Waals surface area contributed by atoms with Crippen molar-refractivity contribution in [1.82, 2.24) is 0 Å². The topological polar surface area (TPSA) is 74.6 Å². The number of carboxylic acids is 2. The van der Waals surface area contributed by atoms with Gasteiger partial charge in [-0.15, -0.1) is 0 Å². The van der Waals surface area contributed by atoms with Gasteiger partial charge >= 0.3 is 11.9 Å². The molecule has 0 saturated carbocycles. The summed E-state index contributed by atoms with van der Waals surface area (Å²) in [6, 6.07) is 16.4. The fourth-order valence-electron chi connectivity index (χ4n) is 2.86. The van der Waals surface area contributed by atoms with Gasteiger partial charge in [0.15, 0.2) is 5.41 Å². The van der Waals surface area contributed by atoms with Crippen molar-refractivity contribution in [2.45, 2.75) is 12.3 Å². The minimum atomic E-state index is -2.01. The summed E-state index contributed by atoms with van der Waals surface area (Å²) < 4.78 is 0. The number of hydrogen-bond acceptors (Lipinski definition) is 2. The number of aliphatic carboxylic acids is 2. The fraction of sp³-hybridized carbons (Fsp3) is 0.111. The average Bonchev–Trinajstić information content (AvgIpc) is 2.51. The third-order valence-corrected chi connectivity index (χ3v) is 4.13. The summed E-state index contributed by atoms with van der Waals surface area (Å²) in [5.74, 6) is -2.75. The van der Waals surface area contributed by atoms with Gasteiger partial charge in [-0.2, -0.15) is 0 Å². The lowest BCUT2D eigenvalue weighted by Gasteiger charge is -2.24. The van der Waals surface area contributed by atoms with Crippen molar-refractivity contribution >= 4 is 33.5 Å². The van der Waals surface area contributed by atoms with Crippen molar-refractivity contribution in [3.05, 3.63) is 60.2 Å². The second kappa shape index (κ2) is 4.84. The monoisotopic (exact) mass is 294 g/mol. The predicted molar refractivity (Wildman–Crippen MR) is 84.1 cm³/mol. The first-order valence-electron chi connectivity index (χ1n) is 6.84. The number of hydrogen-bond donors (Lipinski definition) is 2. The number of carbonyl (C=O) groups is 2. The Kier molecular flexibility index (Phi) is 3.10. The maximum absolute atomic E-state index is 11.8. The lowest BCUT2D eigenvalue weighted by atomic mass is 9.77. The summed E-state index contributed by atoms with van der Waals surface area (Å²) in [5.41, 5.74) is -1.69. The van der Waals surface area contributed by atoms with Crippen LogP contribution in [0.25, 0.3) is 21.5 Å². The highest BCUT2D eigenvalue weighted by molar-refractivity contribution is 6.14. The molecule has 0 unspecified atom stereocenters. The van der Waals surface area contributed by atoms with Gasteiger partial charge in [-0.1, -0.05) is 48.5 Å². The average molecular weight is 294 g/mol. The zero-order valence-electron chi connectivity index (χ0n) is 11.9. The molecular formula is C18H14O4. The van der Waals surface area contributed by atoms with Crippen molar-refractivity contribution in [2.24, 2.45) is 0 Å². The second-order valence-corrected chi connectivity index (χ2v) is 5.43. The van der Waals surface area contributed by atoms with Crippen LogP contribution in [0, 0.1) is 0 Å². The molecule has 3 aromatic carbocycles.